The van der Waals surface area contributed by atoms with Crippen molar-refractivity contribution in [3.63, 3.8) is 0 Å². The Labute approximate surface area is 168 Å². The number of aromatic nitrogens is 1. The Kier molecular flexibility index (Phi) is 6.21. The fraction of sp³-hybridized carbons (Fsp3) is 0.810. The molecule has 4 rings (SSSR count). The number of nitrogens with zero attached hydrogens (tertiary/aromatic N) is 3. The third kappa shape index (κ3) is 4.69. The molecule has 3 atom stereocenters. The van der Waals surface area contributed by atoms with Crippen molar-refractivity contribution in [2.75, 3.05) is 26.2 Å². The predicted octanol–water partition coefficient (Wildman–Crippen LogP) is 2.38. The van der Waals surface area contributed by atoms with E-state index in [2.05, 4.69) is 27.4 Å². The average Bonchev–Trinajstić information content (AvgIpc) is 3.38. The van der Waals surface area contributed by atoms with Gasteiger partial charge in [0.2, 0.25) is 5.89 Å². The van der Waals surface area contributed by atoms with Crippen LogP contribution in [0.5, 0.6) is 0 Å². The lowest BCUT2D eigenvalue weighted by Crippen LogP contribution is -2.47. The van der Waals surface area contributed by atoms with E-state index in [1.54, 1.807) is 0 Å². The van der Waals surface area contributed by atoms with Gasteiger partial charge in [0.05, 0.1) is 30.5 Å². The number of piperidine rings is 1. The first-order valence-electron chi connectivity index (χ1n) is 11.0. The Hall–Kier alpha value is -1.60. The molecule has 7 nitrogen and oxygen atoms in total. The van der Waals surface area contributed by atoms with Crippen LogP contribution in [0.1, 0.15) is 56.4 Å². The SMILES string of the molecule is CCNC(=NCC1CCN(Cc2nc(C)c(C)o2)CC1)NC1CC2CCC1O2. The standard InChI is InChI=1S/C21H35N5O2/c1-4-22-21(25-18-11-17-5-6-19(18)28-17)23-12-16-7-9-26(10-8-16)13-20-24-14(2)15(3)27-20/h16-19H,4-13H2,1-3H3,(H2,22,23,25). The zero-order valence-corrected chi connectivity index (χ0v) is 17.5. The highest BCUT2D eigenvalue weighted by Gasteiger charge is 2.41. The number of ether oxygens (including phenoxy) is 1. The quantitative estimate of drug-likeness (QED) is 0.575. The summed E-state index contributed by atoms with van der Waals surface area (Å²) >= 11 is 0. The van der Waals surface area contributed by atoms with Crippen LogP contribution in [-0.4, -0.2) is 60.3 Å². The number of guanidine groups is 1. The van der Waals surface area contributed by atoms with Gasteiger partial charge in [0.1, 0.15) is 5.76 Å². The van der Waals surface area contributed by atoms with E-state index in [0.717, 1.165) is 62.4 Å². The lowest BCUT2D eigenvalue weighted by molar-refractivity contribution is 0.0992. The van der Waals surface area contributed by atoms with Crippen molar-refractivity contribution in [1.29, 1.82) is 0 Å². The molecule has 0 amide bonds. The van der Waals surface area contributed by atoms with Gasteiger partial charge in [-0.15, -0.1) is 0 Å². The summed E-state index contributed by atoms with van der Waals surface area (Å²) in [7, 11) is 0. The van der Waals surface area contributed by atoms with E-state index < -0.39 is 0 Å². The Bertz CT molecular complexity index is 661. The fourth-order valence-electron chi connectivity index (χ4n) is 4.63. The zero-order chi connectivity index (χ0) is 19.5. The van der Waals surface area contributed by atoms with E-state index >= 15 is 0 Å². The molecule has 1 aromatic heterocycles. The maximum absolute atomic E-state index is 5.96. The fourth-order valence-corrected chi connectivity index (χ4v) is 4.63. The molecule has 0 spiro atoms. The second-order valence-electron chi connectivity index (χ2n) is 8.55. The van der Waals surface area contributed by atoms with Crippen molar-refractivity contribution in [3.8, 4) is 0 Å². The molecule has 3 unspecified atom stereocenters. The zero-order valence-electron chi connectivity index (χ0n) is 17.5. The normalized spacial score (nSPS) is 28.8. The first-order chi connectivity index (χ1) is 13.6. The summed E-state index contributed by atoms with van der Waals surface area (Å²) < 4.78 is 11.7. The monoisotopic (exact) mass is 389 g/mol. The van der Waals surface area contributed by atoms with Crippen molar-refractivity contribution < 1.29 is 9.15 Å². The van der Waals surface area contributed by atoms with Crippen LogP contribution < -0.4 is 10.6 Å². The van der Waals surface area contributed by atoms with Crippen molar-refractivity contribution in [3.05, 3.63) is 17.3 Å². The van der Waals surface area contributed by atoms with E-state index in [9.17, 15) is 0 Å². The molecule has 3 fully saturated rings. The van der Waals surface area contributed by atoms with Gasteiger partial charge in [0, 0.05) is 13.1 Å². The molecular weight excluding hydrogens is 354 g/mol. The van der Waals surface area contributed by atoms with Crippen LogP contribution in [0.15, 0.2) is 9.41 Å². The Morgan fingerprint density at radius 1 is 1.21 bits per heavy atom. The molecular formula is C21H35N5O2. The van der Waals surface area contributed by atoms with Crippen LogP contribution in [0.25, 0.3) is 0 Å². The van der Waals surface area contributed by atoms with Gasteiger partial charge in [-0.1, -0.05) is 0 Å². The highest BCUT2D eigenvalue weighted by atomic mass is 16.5. The summed E-state index contributed by atoms with van der Waals surface area (Å²) in [6.45, 7) is 10.9. The highest BCUT2D eigenvalue weighted by Crippen LogP contribution is 2.34. The summed E-state index contributed by atoms with van der Waals surface area (Å²) in [5.74, 6) is 3.38. The number of aryl methyl sites for hydroxylation is 2. The van der Waals surface area contributed by atoms with Gasteiger partial charge < -0.3 is 19.8 Å². The minimum atomic E-state index is 0.375. The highest BCUT2D eigenvalue weighted by molar-refractivity contribution is 5.80. The molecule has 7 heteroatoms. The predicted molar refractivity (Wildman–Crippen MR) is 109 cm³/mol. The molecule has 4 heterocycles. The van der Waals surface area contributed by atoms with Crippen molar-refractivity contribution in [2.24, 2.45) is 10.9 Å². The second-order valence-corrected chi connectivity index (χ2v) is 8.55. The van der Waals surface area contributed by atoms with Gasteiger partial charge in [0.15, 0.2) is 5.96 Å². The first kappa shape index (κ1) is 19.7. The maximum Gasteiger partial charge on any atom is 0.208 e. The van der Waals surface area contributed by atoms with Gasteiger partial charge in [-0.2, -0.15) is 0 Å². The molecule has 2 bridgehead atoms. The molecule has 156 valence electrons. The van der Waals surface area contributed by atoms with Gasteiger partial charge in [-0.05, 0) is 71.9 Å². The minimum absolute atomic E-state index is 0.375. The first-order valence-corrected chi connectivity index (χ1v) is 11.0. The lowest BCUT2D eigenvalue weighted by atomic mass is 9.95. The van der Waals surface area contributed by atoms with Crippen LogP contribution in [0.3, 0.4) is 0 Å². The molecule has 2 N–H and O–H groups in total. The summed E-state index contributed by atoms with van der Waals surface area (Å²) in [6.07, 6.45) is 6.72. The topological polar surface area (TPSA) is 74.9 Å². The Morgan fingerprint density at radius 3 is 2.64 bits per heavy atom. The molecule has 0 saturated carbocycles. The summed E-state index contributed by atoms with van der Waals surface area (Å²) in [5.41, 5.74) is 1.00. The molecule has 3 aliphatic heterocycles. The van der Waals surface area contributed by atoms with E-state index in [-0.39, 0.29) is 0 Å². The number of aliphatic imine (C=N–C) groups is 1. The summed E-state index contributed by atoms with van der Waals surface area (Å²) in [5, 5.41) is 7.03. The molecule has 0 radical (unpaired) electrons. The molecule has 0 aromatic carbocycles. The smallest absolute Gasteiger partial charge is 0.208 e. The number of fused-ring (bicyclic) bond motifs is 2. The summed E-state index contributed by atoms with van der Waals surface area (Å²) in [4.78, 5) is 11.9. The minimum Gasteiger partial charge on any atom is -0.444 e. The van der Waals surface area contributed by atoms with Crippen LogP contribution >= 0.6 is 0 Å². The lowest BCUT2D eigenvalue weighted by Gasteiger charge is -2.30. The third-order valence-electron chi connectivity index (χ3n) is 6.42. The third-order valence-corrected chi connectivity index (χ3v) is 6.42. The van der Waals surface area contributed by atoms with Gasteiger partial charge in [-0.3, -0.25) is 9.89 Å². The van der Waals surface area contributed by atoms with Crippen LogP contribution in [-0.2, 0) is 11.3 Å². The largest absolute Gasteiger partial charge is 0.444 e. The number of nitrogens with one attached hydrogen (secondary N) is 2. The van der Waals surface area contributed by atoms with Gasteiger partial charge >= 0.3 is 0 Å². The van der Waals surface area contributed by atoms with Crippen molar-refractivity contribution in [2.45, 2.75) is 77.7 Å². The van der Waals surface area contributed by atoms with Crippen molar-refractivity contribution >= 4 is 5.96 Å². The number of oxazole rings is 1. The van der Waals surface area contributed by atoms with Crippen LogP contribution in [0.2, 0.25) is 0 Å². The second kappa shape index (κ2) is 8.82. The van der Waals surface area contributed by atoms with E-state index in [4.69, 9.17) is 14.1 Å². The molecule has 3 aliphatic rings. The number of rotatable bonds is 6. The number of hydrogen-bond donors (Lipinski definition) is 2. The van der Waals surface area contributed by atoms with Crippen LogP contribution in [0.4, 0.5) is 0 Å². The average molecular weight is 390 g/mol. The van der Waals surface area contributed by atoms with Gasteiger partial charge in [-0.25, -0.2) is 4.98 Å². The molecule has 1 aromatic rings. The van der Waals surface area contributed by atoms with Crippen LogP contribution in [0, 0.1) is 19.8 Å². The number of likely N-dealkylation sites (tertiary alicyclic amines) is 1. The van der Waals surface area contributed by atoms with Crippen molar-refractivity contribution in [1.82, 2.24) is 20.5 Å². The molecule has 3 saturated heterocycles. The maximum atomic E-state index is 5.96. The van der Waals surface area contributed by atoms with E-state index in [1.165, 1.54) is 25.7 Å². The van der Waals surface area contributed by atoms with E-state index in [1.807, 2.05) is 13.8 Å². The Morgan fingerprint density at radius 2 is 2.04 bits per heavy atom. The molecule has 28 heavy (non-hydrogen) atoms. The number of hydrogen-bond acceptors (Lipinski definition) is 5. The van der Waals surface area contributed by atoms with E-state index in [0.29, 0.717) is 24.2 Å². The Balaban J connectivity index is 1.23. The molecule has 0 aliphatic carbocycles. The summed E-state index contributed by atoms with van der Waals surface area (Å²) in [6, 6.07) is 0.422. The van der Waals surface area contributed by atoms with Gasteiger partial charge in [0.25, 0.3) is 0 Å².